The minimum atomic E-state index is -3.92. The predicted molar refractivity (Wildman–Crippen MR) is 114 cm³/mol. The fourth-order valence-electron chi connectivity index (χ4n) is 3.81. The summed E-state index contributed by atoms with van der Waals surface area (Å²) in [5, 5.41) is 0.141. The van der Waals surface area contributed by atoms with E-state index in [2.05, 4.69) is 0 Å². The third-order valence-electron chi connectivity index (χ3n) is 5.34. The number of anilines is 1. The average Bonchev–Trinajstić information content (AvgIpc) is 3.14. The summed E-state index contributed by atoms with van der Waals surface area (Å²) in [6.07, 6.45) is 3.18. The smallest absolute Gasteiger partial charge is 0.265 e. The minimum Gasteiger partial charge on any atom is -0.266 e. The molecule has 0 radical (unpaired) electrons. The van der Waals surface area contributed by atoms with Gasteiger partial charge in [-0.2, -0.15) is 4.31 Å². The van der Waals surface area contributed by atoms with Crippen LogP contribution in [0.4, 0.5) is 5.69 Å². The normalized spacial score (nSPS) is 18.1. The Hall–Kier alpha value is -1.32. The van der Waals surface area contributed by atoms with Crippen LogP contribution < -0.4 is 4.31 Å². The molecule has 4 rings (SSSR count). The van der Waals surface area contributed by atoms with Gasteiger partial charge in [0.25, 0.3) is 10.0 Å². The van der Waals surface area contributed by atoms with Crippen molar-refractivity contribution >= 4 is 48.9 Å². The number of benzene rings is 2. The van der Waals surface area contributed by atoms with E-state index in [1.54, 1.807) is 12.1 Å². The lowest BCUT2D eigenvalue weighted by atomic mass is 10.2. The van der Waals surface area contributed by atoms with Gasteiger partial charge in [-0.05, 0) is 55.2 Å². The van der Waals surface area contributed by atoms with Crippen molar-refractivity contribution in [1.29, 1.82) is 0 Å². The van der Waals surface area contributed by atoms with Gasteiger partial charge >= 0.3 is 0 Å². The Morgan fingerprint density at radius 1 is 0.828 bits per heavy atom. The van der Waals surface area contributed by atoms with Crippen LogP contribution in [0.15, 0.2) is 46.2 Å². The molecular weight excluding hydrogens is 455 g/mol. The Bertz CT molecular complexity index is 1160. The zero-order valence-corrected chi connectivity index (χ0v) is 18.7. The van der Waals surface area contributed by atoms with Crippen LogP contribution in [-0.2, 0) is 26.5 Å². The van der Waals surface area contributed by atoms with Crippen LogP contribution in [0, 0.1) is 0 Å². The molecule has 0 amide bonds. The predicted octanol–water partition coefficient (Wildman–Crippen LogP) is 3.92. The Morgan fingerprint density at radius 2 is 1.55 bits per heavy atom. The first kappa shape index (κ1) is 20.9. The first-order valence-corrected chi connectivity index (χ1v) is 13.0. The Balaban J connectivity index is 1.69. The molecule has 1 fully saturated rings. The van der Waals surface area contributed by atoms with E-state index in [9.17, 15) is 16.8 Å². The number of sulfonamides is 2. The number of halogens is 2. The molecule has 2 aliphatic rings. The molecule has 1 saturated heterocycles. The van der Waals surface area contributed by atoms with Crippen LogP contribution in [0.1, 0.15) is 24.8 Å². The Morgan fingerprint density at radius 3 is 2.28 bits per heavy atom. The van der Waals surface area contributed by atoms with Gasteiger partial charge in [0.15, 0.2) is 0 Å². The highest BCUT2D eigenvalue weighted by atomic mass is 35.5. The van der Waals surface area contributed by atoms with Gasteiger partial charge in [-0.15, -0.1) is 0 Å². The van der Waals surface area contributed by atoms with Crippen molar-refractivity contribution in [1.82, 2.24) is 4.31 Å². The molecular formula is C19H20Cl2N2O4S2. The Kier molecular flexibility index (Phi) is 5.59. The van der Waals surface area contributed by atoms with Crippen LogP contribution in [-0.4, -0.2) is 40.8 Å². The highest BCUT2D eigenvalue weighted by Crippen LogP contribution is 2.38. The van der Waals surface area contributed by atoms with Crippen LogP contribution in [0.5, 0.6) is 0 Å². The maximum atomic E-state index is 13.2. The molecule has 156 valence electrons. The van der Waals surface area contributed by atoms with E-state index in [-0.39, 0.29) is 26.4 Å². The molecule has 0 bridgehead atoms. The summed E-state index contributed by atoms with van der Waals surface area (Å²) < 4.78 is 54.9. The molecule has 0 unspecified atom stereocenters. The number of hydrogen-bond acceptors (Lipinski definition) is 4. The number of nitrogens with zero attached hydrogens (tertiary/aromatic N) is 2. The summed E-state index contributed by atoms with van der Waals surface area (Å²) in [5.74, 6) is 0. The molecule has 29 heavy (non-hydrogen) atoms. The number of hydrogen-bond donors (Lipinski definition) is 0. The van der Waals surface area contributed by atoms with Gasteiger partial charge in [0.2, 0.25) is 10.0 Å². The molecule has 0 aromatic heterocycles. The second-order valence-electron chi connectivity index (χ2n) is 7.13. The van der Waals surface area contributed by atoms with Crippen molar-refractivity contribution in [3.05, 3.63) is 52.0 Å². The van der Waals surface area contributed by atoms with E-state index in [1.807, 2.05) is 0 Å². The lowest BCUT2D eigenvalue weighted by molar-refractivity contribution is 0.346. The first-order valence-electron chi connectivity index (χ1n) is 9.33. The molecule has 10 heteroatoms. The average molecular weight is 475 g/mol. The largest absolute Gasteiger partial charge is 0.266 e. The second kappa shape index (κ2) is 7.74. The molecule has 2 aromatic rings. The fraction of sp³-hybridized carbons (Fsp3) is 0.368. The Labute approximate surface area is 181 Å². The maximum absolute atomic E-state index is 13.2. The molecule has 0 spiro atoms. The van der Waals surface area contributed by atoms with Crippen molar-refractivity contribution in [3.8, 4) is 0 Å². The molecule has 2 aromatic carbocycles. The molecule has 0 atom stereocenters. The van der Waals surface area contributed by atoms with E-state index in [0.29, 0.717) is 30.8 Å². The number of rotatable bonds is 4. The van der Waals surface area contributed by atoms with Gasteiger partial charge in [0.05, 0.1) is 20.6 Å². The van der Waals surface area contributed by atoms with E-state index in [4.69, 9.17) is 23.2 Å². The van der Waals surface area contributed by atoms with E-state index in [1.165, 1.54) is 32.9 Å². The van der Waals surface area contributed by atoms with Crippen LogP contribution in [0.2, 0.25) is 10.0 Å². The third-order valence-corrected chi connectivity index (χ3v) is 10.0. The summed E-state index contributed by atoms with van der Waals surface area (Å²) in [6.45, 7) is 1.26. The van der Waals surface area contributed by atoms with Crippen LogP contribution in [0.25, 0.3) is 0 Å². The first-order chi connectivity index (χ1) is 13.7. The van der Waals surface area contributed by atoms with Crippen LogP contribution >= 0.6 is 23.2 Å². The molecule has 0 aliphatic carbocycles. The van der Waals surface area contributed by atoms with Crippen molar-refractivity contribution < 1.29 is 16.8 Å². The van der Waals surface area contributed by atoms with Crippen molar-refractivity contribution in [2.75, 3.05) is 23.9 Å². The molecule has 2 aliphatic heterocycles. The molecule has 0 N–H and O–H groups in total. The monoisotopic (exact) mass is 474 g/mol. The van der Waals surface area contributed by atoms with Gasteiger partial charge in [0, 0.05) is 19.6 Å². The summed E-state index contributed by atoms with van der Waals surface area (Å²) in [7, 11) is -7.49. The summed E-state index contributed by atoms with van der Waals surface area (Å²) in [5.41, 5.74) is 1.16. The van der Waals surface area contributed by atoms with E-state index >= 15 is 0 Å². The summed E-state index contributed by atoms with van der Waals surface area (Å²) in [6, 6.07) is 9.11. The van der Waals surface area contributed by atoms with Crippen molar-refractivity contribution in [3.63, 3.8) is 0 Å². The quantitative estimate of drug-likeness (QED) is 0.672. The molecule has 0 saturated carbocycles. The van der Waals surface area contributed by atoms with Gasteiger partial charge in [-0.1, -0.05) is 35.7 Å². The highest BCUT2D eigenvalue weighted by Gasteiger charge is 2.34. The lowest BCUT2D eigenvalue weighted by Gasteiger charge is -2.26. The van der Waals surface area contributed by atoms with E-state index in [0.717, 1.165) is 19.3 Å². The second-order valence-corrected chi connectivity index (χ2v) is 11.7. The standard InChI is InChI=1S/C19H20Cl2N2O4S2/c20-16-5-4-6-18(19(16)21)29(26,27)23-12-9-14-13-15(7-8-17(14)23)28(24,25)22-10-2-1-3-11-22/h4-8,13H,1-3,9-12H2. The topological polar surface area (TPSA) is 74.8 Å². The summed E-state index contributed by atoms with van der Waals surface area (Å²) >= 11 is 12.1. The molecule has 6 nitrogen and oxygen atoms in total. The zero-order chi connectivity index (χ0) is 20.8. The van der Waals surface area contributed by atoms with Gasteiger partial charge in [-0.25, -0.2) is 16.8 Å². The molecule has 2 heterocycles. The van der Waals surface area contributed by atoms with Crippen molar-refractivity contribution in [2.24, 2.45) is 0 Å². The fourth-order valence-corrected chi connectivity index (χ4v) is 7.62. The number of piperidine rings is 1. The highest BCUT2D eigenvalue weighted by molar-refractivity contribution is 7.93. The van der Waals surface area contributed by atoms with E-state index < -0.39 is 20.0 Å². The SMILES string of the molecule is O=S(=O)(c1ccc2c(c1)CCN2S(=O)(=O)c1cccc(Cl)c1Cl)N1CCCCC1. The van der Waals surface area contributed by atoms with Crippen LogP contribution in [0.3, 0.4) is 0 Å². The van der Waals surface area contributed by atoms with Gasteiger partial charge in [-0.3, -0.25) is 4.31 Å². The van der Waals surface area contributed by atoms with Gasteiger partial charge < -0.3 is 0 Å². The third kappa shape index (κ3) is 3.65. The minimum absolute atomic E-state index is 0.0214. The maximum Gasteiger partial charge on any atom is 0.265 e. The number of fused-ring (bicyclic) bond motifs is 1. The lowest BCUT2D eigenvalue weighted by Crippen LogP contribution is -2.35. The summed E-state index contributed by atoms with van der Waals surface area (Å²) in [4.78, 5) is 0.141. The van der Waals surface area contributed by atoms with Gasteiger partial charge in [0.1, 0.15) is 4.90 Å². The van der Waals surface area contributed by atoms with Crippen molar-refractivity contribution in [2.45, 2.75) is 35.5 Å². The zero-order valence-electron chi connectivity index (χ0n) is 15.5.